The van der Waals surface area contributed by atoms with Crippen molar-refractivity contribution in [3.63, 3.8) is 0 Å². The highest BCUT2D eigenvalue weighted by atomic mass is 35.5. The van der Waals surface area contributed by atoms with Gasteiger partial charge in [0.25, 0.3) is 5.91 Å². The maximum absolute atomic E-state index is 13.4. The van der Waals surface area contributed by atoms with Crippen molar-refractivity contribution in [3.8, 4) is 11.3 Å². The molecule has 1 saturated heterocycles. The van der Waals surface area contributed by atoms with E-state index in [1.165, 1.54) is 31.0 Å². The minimum absolute atomic E-state index is 0.0427. The van der Waals surface area contributed by atoms with Crippen molar-refractivity contribution in [3.05, 3.63) is 51.6 Å². The molecule has 2 aliphatic carbocycles. The lowest BCUT2D eigenvalue weighted by molar-refractivity contribution is -0.124. The molecule has 2 heterocycles. The first-order valence-electron chi connectivity index (χ1n) is 11.9. The van der Waals surface area contributed by atoms with Gasteiger partial charge in [0.1, 0.15) is 15.8 Å². The lowest BCUT2D eigenvalue weighted by Crippen LogP contribution is -2.41. The molecule has 174 valence electrons. The Kier molecular flexibility index (Phi) is 6.98. The molecule has 5 rings (SSSR count). The van der Waals surface area contributed by atoms with Crippen LogP contribution >= 0.6 is 35.6 Å². The zero-order chi connectivity index (χ0) is 22.9. The Morgan fingerprint density at radius 3 is 2.70 bits per heavy atom. The summed E-state index contributed by atoms with van der Waals surface area (Å²) in [6.07, 6.45) is 10.8. The van der Waals surface area contributed by atoms with E-state index in [1.807, 2.05) is 35.2 Å². The number of thiocarbonyl (C=S) groups is 1. The maximum Gasteiger partial charge on any atom is 0.266 e. The van der Waals surface area contributed by atoms with E-state index in [0.717, 1.165) is 60.7 Å². The number of halogens is 1. The van der Waals surface area contributed by atoms with Crippen LogP contribution < -0.4 is 5.73 Å². The summed E-state index contributed by atoms with van der Waals surface area (Å²) in [4.78, 5) is 16.0. The van der Waals surface area contributed by atoms with Gasteiger partial charge in [-0.3, -0.25) is 9.69 Å². The Hall–Kier alpha value is -1.60. The smallest absolute Gasteiger partial charge is 0.266 e. The number of thioether (sulfide) groups is 1. The number of nitrogens with two attached hydrogens (primary N) is 1. The van der Waals surface area contributed by atoms with E-state index in [0.29, 0.717) is 26.7 Å². The quantitative estimate of drug-likeness (QED) is 0.249. The third-order valence-electron chi connectivity index (χ3n) is 7.24. The van der Waals surface area contributed by atoms with Crippen LogP contribution in [0.3, 0.4) is 0 Å². The summed E-state index contributed by atoms with van der Waals surface area (Å²) in [5, 5.41) is 0.692. The fourth-order valence-electron chi connectivity index (χ4n) is 5.57. The fraction of sp³-hybridized carbons (Fsp3) is 0.462. The van der Waals surface area contributed by atoms with E-state index in [1.54, 1.807) is 0 Å². The maximum atomic E-state index is 13.4. The lowest BCUT2D eigenvalue weighted by Gasteiger charge is -2.30. The Bertz CT molecular complexity index is 1080. The van der Waals surface area contributed by atoms with Crippen LogP contribution in [0.2, 0.25) is 5.02 Å². The highest BCUT2D eigenvalue weighted by molar-refractivity contribution is 8.26. The Labute approximate surface area is 209 Å². The highest BCUT2D eigenvalue weighted by Gasteiger charge is 2.48. The van der Waals surface area contributed by atoms with Gasteiger partial charge in [-0.1, -0.05) is 48.4 Å². The van der Waals surface area contributed by atoms with E-state index in [9.17, 15) is 4.79 Å². The molecule has 3 fully saturated rings. The summed E-state index contributed by atoms with van der Waals surface area (Å²) in [6.45, 7) is 0.708. The Morgan fingerprint density at radius 1 is 1.18 bits per heavy atom. The molecule has 3 aliphatic rings. The number of hydrogen-bond acceptors (Lipinski definition) is 5. The number of aryl methyl sites for hydroxylation is 1. The molecular formula is C26H29ClN2O2S2. The molecule has 4 nitrogen and oxygen atoms in total. The van der Waals surface area contributed by atoms with Gasteiger partial charge in [-0.15, -0.1) is 0 Å². The van der Waals surface area contributed by atoms with E-state index < -0.39 is 0 Å². The minimum atomic E-state index is 0.0427. The van der Waals surface area contributed by atoms with E-state index >= 15 is 0 Å². The van der Waals surface area contributed by atoms with Gasteiger partial charge in [-0.2, -0.15) is 0 Å². The average molecular weight is 501 g/mol. The van der Waals surface area contributed by atoms with Crippen LogP contribution in [0.4, 0.5) is 0 Å². The first-order valence-corrected chi connectivity index (χ1v) is 13.5. The molecule has 2 N–H and O–H groups in total. The number of rotatable bonds is 8. The second-order valence-corrected chi connectivity index (χ2v) is 11.5. The van der Waals surface area contributed by atoms with Crippen molar-refractivity contribution in [1.82, 2.24) is 4.90 Å². The molecule has 0 radical (unpaired) electrons. The third-order valence-corrected chi connectivity index (χ3v) is 8.82. The van der Waals surface area contributed by atoms with Crippen LogP contribution in [0.25, 0.3) is 17.4 Å². The normalized spacial score (nSPS) is 25.7. The van der Waals surface area contributed by atoms with Gasteiger partial charge in [0, 0.05) is 22.7 Å². The summed E-state index contributed by atoms with van der Waals surface area (Å²) in [5.41, 5.74) is 7.74. The molecule has 1 aliphatic heterocycles. The number of hydrogen-bond donors (Lipinski definition) is 1. The second-order valence-electron chi connectivity index (χ2n) is 9.40. The molecule has 2 bridgehead atoms. The number of nitrogens with zero attached hydrogens (tertiary/aromatic N) is 1. The van der Waals surface area contributed by atoms with Crippen molar-refractivity contribution in [2.45, 2.75) is 57.4 Å². The first-order chi connectivity index (χ1) is 16.0. The largest absolute Gasteiger partial charge is 0.456 e. The molecule has 1 amide bonds. The molecule has 1 aromatic carbocycles. The van der Waals surface area contributed by atoms with Crippen LogP contribution in [0.15, 0.2) is 39.7 Å². The summed E-state index contributed by atoms with van der Waals surface area (Å²) in [6, 6.07) is 10.0. The Morgan fingerprint density at radius 2 is 2.00 bits per heavy atom. The molecular weight excluding hydrogens is 472 g/mol. The van der Waals surface area contributed by atoms with Crippen molar-refractivity contribution in [1.29, 1.82) is 0 Å². The predicted octanol–water partition coefficient (Wildman–Crippen LogP) is 6.66. The van der Waals surface area contributed by atoms with Gasteiger partial charge in [0.05, 0.1) is 4.91 Å². The van der Waals surface area contributed by atoms with Gasteiger partial charge in [-0.05, 0) is 92.8 Å². The summed E-state index contributed by atoms with van der Waals surface area (Å²) in [5.74, 6) is 2.95. The van der Waals surface area contributed by atoms with E-state index in [2.05, 4.69) is 6.07 Å². The number of amides is 1. The van der Waals surface area contributed by atoms with E-state index in [4.69, 9.17) is 34.0 Å². The van der Waals surface area contributed by atoms with Gasteiger partial charge in [0.2, 0.25) is 0 Å². The van der Waals surface area contributed by atoms with E-state index in [-0.39, 0.29) is 11.9 Å². The topological polar surface area (TPSA) is 59.5 Å². The standard InChI is InChI=1S/C26H29ClN2O2S2/c27-20-9-7-17(8-10-20)22-14-19(4-2-1-3-11-28)23(31-22)15-24-25(30)29(26(32)33-24)21-13-16-5-6-18(21)12-16/h7-10,14-16,18,21H,1-6,11-13,28H2/b24-15-. The SMILES string of the molecule is NCCCCCc1cc(-c2ccc(Cl)cc2)oc1/C=C1\SC(=S)N(C2CC3CCC2C3)C1=O. The number of fused-ring (bicyclic) bond motifs is 2. The van der Waals surface area contributed by atoms with Gasteiger partial charge in [-0.25, -0.2) is 0 Å². The number of furan rings is 1. The summed E-state index contributed by atoms with van der Waals surface area (Å²) >= 11 is 13.1. The average Bonchev–Trinajstić information content (AvgIpc) is 3.57. The molecule has 2 saturated carbocycles. The van der Waals surface area contributed by atoms with Crippen LogP contribution in [-0.2, 0) is 11.2 Å². The van der Waals surface area contributed by atoms with Crippen molar-refractivity contribution >= 4 is 51.9 Å². The van der Waals surface area contributed by atoms with Crippen molar-refractivity contribution < 1.29 is 9.21 Å². The van der Waals surface area contributed by atoms with Crippen LogP contribution in [0.1, 0.15) is 56.3 Å². The predicted molar refractivity (Wildman–Crippen MR) is 140 cm³/mol. The van der Waals surface area contributed by atoms with Crippen LogP contribution in [-0.4, -0.2) is 27.7 Å². The van der Waals surface area contributed by atoms with Crippen molar-refractivity contribution in [2.75, 3.05) is 6.54 Å². The number of benzene rings is 1. The second kappa shape index (κ2) is 9.95. The van der Waals surface area contributed by atoms with Crippen LogP contribution in [0.5, 0.6) is 0 Å². The molecule has 33 heavy (non-hydrogen) atoms. The minimum Gasteiger partial charge on any atom is -0.456 e. The number of unbranched alkanes of at least 4 members (excludes halogenated alkanes) is 2. The fourth-order valence-corrected chi connectivity index (χ4v) is 7.04. The molecule has 2 aromatic rings. The Balaban J connectivity index is 1.41. The molecule has 3 atom stereocenters. The zero-order valence-corrected chi connectivity index (χ0v) is 21.0. The van der Waals surface area contributed by atoms with Gasteiger partial charge >= 0.3 is 0 Å². The van der Waals surface area contributed by atoms with Crippen LogP contribution in [0, 0.1) is 11.8 Å². The zero-order valence-electron chi connectivity index (χ0n) is 18.6. The first kappa shape index (κ1) is 23.2. The summed E-state index contributed by atoms with van der Waals surface area (Å²) in [7, 11) is 0. The molecule has 7 heteroatoms. The molecule has 1 aromatic heterocycles. The summed E-state index contributed by atoms with van der Waals surface area (Å²) < 4.78 is 6.97. The molecule has 3 unspecified atom stereocenters. The van der Waals surface area contributed by atoms with Crippen molar-refractivity contribution in [2.24, 2.45) is 17.6 Å². The number of carbonyl (C=O) groups excluding carboxylic acids is 1. The molecule has 0 spiro atoms. The lowest BCUT2D eigenvalue weighted by atomic mass is 9.94. The van der Waals surface area contributed by atoms with Gasteiger partial charge < -0.3 is 10.2 Å². The third kappa shape index (κ3) is 4.81. The highest BCUT2D eigenvalue weighted by Crippen LogP contribution is 2.49. The monoisotopic (exact) mass is 500 g/mol. The number of carbonyl (C=O) groups is 1. The van der Waals surface area contributed by atoms with Gasteiger partial charge in [0.15, 0.2) is 0 Å².